The van der Waals surface area contributed by atoms with E-state index in [1.54, 1.807) is 6.08 Å². The first kappa shape index (κ1) is 22.4. The van der Waals surface area contributed by atoms with Gasteiger partial charge < -0.3 is 10.1 Å². The topological polar surface area (TPSA) is 55.4 Å². The van der Waals surface area contributed by atoms with Crippen molar-refractivity contribution in [2.75, 3.05) is 11.9 Å². The van der Waals surface area contributed by atoms with E-state index in [0.29, 0.717) is 12.1 Å². The number of carbonyl (C=O) groups is 2. The second kappa shape index (κ2) is 9.91. The maximum absolute atomic E-state index is 12.3. The quantitative estimate of drug-likeness (QED) is 0.296. The Morgan fingerprint density at radius 3 is 2.52 bits per heavy atom. The maximum Gasteiger partial charge on any atom is 0.313 e. The number of benzene rings is 1. The molecule has 0 aliphatic carbocycles. The summed E-state index contributed by atoms with van der Waals surface area (Å²) in [4.78, 5) is 23.7. The second-order valence-corrected chi connectivity index (χ2v) is 7.47. The van der Waals surface area contributed by atoms with Crippen LogP contribution in [0.5, 0.6) is 0 Å². The van der Waals surface area contributed by atoms with Crippen LogP contribution >= 0.6 is 0 Å². The molecule has 1 unspecified atom stereocenters. The van der Waals surface area contributed by atoms with E-state index in [1.807, 2.05) is 71.9 Å². The molecule has 0 saturated carbocycles. The van der Waals surface area contributed by atoms with Gasteiger partial charge in [-0.25, -0.2) is 0 Å². The summed E-state index contributed by atoms with van der Waals surface area (Å²) >= 11 is 0. The summed E-state index contributed by atoms with van der Waals surface area (Å²) in [5.74, 6) is -0.609. The molecule has 0 spiro atoms. The predicted octanol–water partition coefficient (Wildman–Crippen LogP) is 5.19. The lowest BCUT2D eigenvalue weighted by molar-refractivity contribution is -0.156. The number of ether oxygens (including phenoxy) is 1. The number of hydrogen-bond donors (Lipinski definition) is 1. The molecule has 1 aromatic carbocycles. The molecule has 0 fully saturated rings. The average molecular weight is 370 g/mol. The Balaban J connectivity index is 2.92. The minimum absolute atomic E-state index is 0.249. The third-order valence-corrected chi connectivity index (χ3v) is 4.17. The van der Waals surface area contributed by atoms with Gasteiger partial charge in [0.15, 0.2) is 6.29 Å². The number of anilines is 1. The molecule has 1 N–H and O–H groups in total. The van der Waals surface area contributed by atoms with Gasteiger partial charge in [-0.15, -0.1) is 0 Å². The van der Waals surface area contributed by atoms with E-state index in [4.69, 9.17) is 4.74 Å². The molecule has 146 valence electrons. The van der Waals surface area contributed by atoms with Gasteiger partial charge in [-0.3, -0.25) is 9.59 Å². The van der Waals surface area contributed by atoms with Gasteiger partial charge in [0.25, 0.3) is 0 Å². The summed E-state index contributed by atoms with van der Waals surface area (Å²) in [6.45, 7) is 15.4. The molecule has 1 rings (SSSR count). The van der Waals surface area contributed by atoms with Gasteiger partial charge in [0.05, 0.1) is 5.92 Å². The summed E-state index contributed by atoms with van der Waals surface area (Å²) in [6, 6.07) is 7.68. The Kier molecular flexibility index (Phi) is 8.23. The Bertz CT molecular complexity index is 751. The van der Waals surface area contributed by atoms with Crippen molar-refractivity contribution in [2.24, 2.45) is 0 Å². The molecule has 0 heterocycles. The molecule has 4 heteroatoms. The molecular formula is C23H31NO3. The van der Waals surface area contributed by atoms with Gasteiger partial charge in [-0.05, 0) is 70.4 Å². The highest BCUT2D eigenvalue weighted by Crippen LogP contribution is 2.23. The summed E-state index contributed by atoms with van der Waals surface area (Å²) < 4.78 is 5.47. The van der Waals surface area contributed by atoms with Gasteiger partial charge >= 0.3 is 5.97 Å². The third-order valence-electron chi connectivity index (χ3n) is 4.17. The van der Waals surface area contributed by atoms with E-state index >= 15 is 0 Å². The first-order chi connectivity index (χ1) is 12.6. The van der Waals surface area contributed by atoms with Crippen molar-refractivity contribution in [3.05, 3.63) is 65.3 Å². The number of nitrogens with one attached hydrogen (secondary N) is 1. The number of aldehydes is 1. The second-order valence-electron chi connectivity index (χ2n) is 7.47. The van der Waals surface area contributed by atoms with Crippen LogP contribution in [-0.2, 0) is 14.3 Å². The molecule has 1 aromatic rings. The number of allylic oxidation sites excluding steroid dienone is 3. The fourth-order valence-electron chi connectivity index (χ4n) is 2.53. The molecule has 4 nitrogen and oxygen atoms in total. The molecule has 27 heavy (non-hydrogen) atoms. The average Bonchev–Trinajstić information content (AvgIpc) is 2.62. The van der Waals surface area contributed by atoms with Crippen LogP contribution in [0.2, 0.25) is 0 Å². The molecule has 0 aliphatic rings. The van der Waals surface area contributed by atoms with E-state index < -0.39 is 5.60 Å². The molecule has 0 radical (unpaired) electrons. The normalized spacial score (nSPS) is 14.1. The fraction of sp³-hybridized carbons (Fsp3) is 0.391. The maximum atomic E-state index is 12.3. The van der Waals surface area contributed by atoms with Crippen LogP contribution < -0.4 is 5.32 Å². The van der Waals surface area contributed by atoms with Crippen molar-refractivity contribution in [1.29, 1.82) is 0 Å². The van der Waals surface area contributed by atoms with Crippen LogP contribution in [0.1, 0.15) is 53.0 Å². The first-order valence-electron chi connectivity index (χ1n) is 9.13. The zero-order chi connectivity index (χ0) is 20.6. The largest absolute Gasteiger partial charge is 0.460 e. The fourth-order valence-corrected chi connectivity index (χ4v) is 2.53. The Morgan fingerprint density at radius 2 is 2.00 bits per heavy atom. The van der Waals surface area contributed by atoms with Gasteiger partial charge in [0, 0.05) is 17.8 Å². The van der Waals surface area contributed by atoms with Crippen molar-refractivity contribution < 1.29 is 14.3 Å². The summed E-state index contributed by atoms with van der Waals surface area (Å²) in [5, 5.41) is 3.32. The summed E-state index contributed by atoms with van der Waals surface area (Å²) in [6.07, 6.45) is 4.45. The van der Waals surface area contributed by atoms with E-state index in [1.165, 1.54) is 0 Å². The van der Waals surface area contributed by atoms with Gasteiger partial charge in [-0.2, -0.15) is 0 Å². The van der Waals surface area contributed by atoms with Crippen molar-refractivity contribution >= 4 is 17.9 Å². The lowest BCUT2D eigenvalue weighted by Gasteiger charge is -2.22. The van der Waals surface area contributed by atoms with Crippen LogP contribution in [0, 0.1) is 0 Å². The van der Waals surface area contributed by atoms with Gasteiger partial charge in [0.2, 0.25) is 0 Å². The van der Waals surface area contributed by atoms with Crippen molar-refractivity contribution in [3.8, 4) is 0 Å². The monoisotopic (exact) mass is 369 g/mol. The van der Waals surface area contributed by atoms with Gasteiger partial charge in [-0.1, -0.05) is 30.9 Å². The Hall–Kier alpha value is -2.62. The highest BCUT2D eigenvalue weighted by Gasteiger charge is 2.23. The van der Waals surface area contributed by atoms with E-state index in [0.717, 1.165) is 28.7 Å². The minimum atomic E-state index is -0.511. The molecule has 0 aromatic heterocycles. The lowest BCUT2D eigenvalue weighted by atomic mass is 9.99. The number of carbonyl (C=O) groups excluding carboxylic acids is 2. The molecule has 0 bridgehead atoms. The Morgan fingerprint density at radius 1 is 1.33 bits per heavy atom. The molecule has 0 aliphatic heterocycles. The van der Waals surface area contributed by atoms with Crippen molar-refractivity contribution in [3.63, 3.8) is 0 Å². The van der Waals surface area contributed by atoms with Crippen LogP contribution in [0.3, 0.4) is 0 Å². The van der Waals surface area contributed by atoms with E-state index in [-0.39, 0.29) is 11.9 Å². The molecule has 0 saturated heterocycles. The zero-order valence-corrected chi connectivity index (χ0v) is 17.3. The standard InChI is InChI=1S/C23H31NO3/c1-8-16(3)21(15-25)18(9-2)14-24-20-12-10-11-19(13-20)17(4)22(26)27-23(5,6)7/h8-13,15,17,24H,1,14H2,2-7H3/b18-9-,21-16-. The van der Waals surface area contributed by atoms with Crippen LogP contribution in [0.15, 0.2) is 59.7 Å². The predicted molar refractivity (Wildman–Crippen MR) is 112 cm³/mol. The van der Waals surface area contributed by atoms with Crippen molar-refractivity contribution in [1.82, 2.24) is 0 Å². The Labute approximate surface area is 163 Å². The van der Waals surface area contributed by atoms with E-state index in [2.05, 4.69) is 11.9 Å². The lowest BCUT2D eigenvalue weighted by Crippen LogP contribution is -2.26. The zero-order valence-electron chi connectivity index (χ0n) is 17.3. The highest BCUT2D eigenvalue weighted by molar-refractivity contribution is 5.83. The van der Waals surface area contributed by atoms with E-state index in [9.17, 15) is 9.59 Å². The first-order valence-corrected chi connectivity index (χ1v) is 9.13. The van der Waals surface area contributed by atoms with Crippen LogP contribution in [0.25, 0.3) is 0 Å². The number of esters is 1. The smallest absolute Gasteiger partial charge is 0.313 e. The molecular weight excluding hydrogens is 338 g/mol. The number of rotatable bonds is 8. The summed E-state index contributed by atoms with van der Waals surface area (Å²) in [5.41, 5.74) is 3.62. The van der Waals surface area contributed by atoms with Gasteiger partial charge in [0.1, 0.15) is 5.60 Å². The number of hydrogen-bond acceptors (Lipinski definition) is 4. The molecule has 1 atom stereocenters. The third kappa shape index (κ3) is 6.89. The highest BCUT2D eigenvalue weighted by atomic mass is 16.6. The van der Waals surface area contributed by atoms with Crippen LogP contribution in [-0.4, -0.2) is 24.4 Å². The molecule has 0 amide bonds. The van der Waals surface area contributed by atoms with Crippen molar-refractivity contribution in [2.45, 2.75) is 53.1 Å². The minimum Gasteiger partial charge on any atom is -0.460 e. The van der Waals surface area contributed by atoms with Crippen LogP contribution in [0.4, 0.5) is 5.69 Å². The summed E-state index contributed by atoms with van der Waals surface area (Å²) in [7, 11) is 0. The SMILES string of the molecule is C=C/C(C)=C(C=O)\C(=C/C)CNc1cccc(C(C)C(=O)OC(C)(C)C)c1.